The minimum Gasteiger partial charge on any atom is -0.310 e. The summed E-state index contributed by atoms with van der Waals surface area (Å²) >= 11 is 7.78. The molecule has 1 nitrogen and oxygen atoms in total. The third-order valence-corrected chi connectivity index (χ3v) is 4.42. The number of hydrogen-bond donors (Lipinski definition) is 1. The maximum Gasteiger partial charge on any atom is 0.0406 e. The summed E-state index contributed by atoms with van der Waals surface area (Å²) in [5.74, 6) is 0.968. The van der Waals surface area contributed by atoms with Gasteiger partial charge in [-0.05, 0) is 29.3 Å². The molecule has 2 rings (SSSR count). The number of hydrogen-bond acceptors (Lipinski definition) is 2. The van der Waals surface area contributed by atoms with E-state index in [0.29, 0.717) is 6.04 Å². The molecule has 2 aromatic rings. The summed E-state index contributed by atoms with van der Waals surface area (Å²) in [7, 11) is 0. The molecule has 20 heavy (non-hydrogen) atoms. The highest BCUT2D eigenvalue weighted by Gasteiger charge is 2.04. The first-order valence-electron chi connectivity index (χ1n) is 6.83. The second-order valence-corrected chi connectivity index (χ2v) is 6.51. The largest absolute Gasteiger partial charge is 0.310 e. The van der Waals surface area contributed by atoms with Gasteiger partial charge in [0, 0.05) is 28.3 Å². The topological polar surface area (TPSA) is 12.0 Å². The van der Waals surface area contributed by atoms with E-state index in [4.69, 9.17) is 11.6 Å². The zero-order chi connectivity index (χ0) is 14.4. The number of benzene rings is 2. The molecule has 0 fully saturated rings. The molecule has 0 unspecified atom stereocenters. The van der Waals surface area contributed by atoms with E-state index in [1.165, 1.54) is 16.0 Å². The lowest BCUT2D eigenvalue weighted by Crippen LogP contribution is -2.22. The SMILES string of the molecule is CC(C)NCc1ccccc1SCc1ccc(Cl)cc1. The Labute approximate surface area is 130 Å². The van der Waals surface area contributed by atoms with Crippen LogP contribution in [0.4, 0.5) is 0 Å². The van der Waals surface area contributed by atoms with E-state index >= 15 is 0 Å². The summed E-state index contributed by atoms with van der Waals surface area (Å²) in [4.78, 5) is 1.34. The molecule has 0 heterocycles. The highest BCUT2D eigenvalue weighted by atomic mass is 35.5. The Morgan fingerprint density at radius 3 is 2.45 bits per heavy atom. The number of rotatable bonds is 6. The molecule has 0 aliphatic heterocycles. The van der Waals surface area contributed by atoms with Crippen LogP contribution in [0.2, 0.25) is 5.02 Å². The fraction of sp³-hybridized carbons (Fsp3) is 0.294. The maximum absolute atomic E-state index is 5.91. The van der Waals surface area contributed by atoms with Crippen LogP contribution in [0.3, 0.4) is 0 Å². The molecule has 3 heteroatoms. The van der Waals surface area contributed by atoms with Crippen LogP contribution in [0.5, 0.6) is 0 Å². The fourth-order valence-corrected chi connectivity index (χ4v) is 2.99. The molecule has 0 atom stereocenters. The Morgan fingerprint density at radius 1 is 1.05 bits per heavy atom. The Hall–Kier alpha value is -0.960. The third-order valence-electron chi connectivity index (χ3n) is 2.98. The normalized spacial score (nSPS) is 11.0. The van der Waals surface area contributed by atoms with Gasteiger partial charge in [-0.2, -0.15) is 0 Å². The molecule has 0 saturated carbocycles. The average Bonchev–Trinajstić information content (AvgIpc) is 2.45. The predicted molar refractivity (Wildman–Crippen MR) is 89.4 cm³/mol. The van der Waals surface area contributed by atoms with E-state index in [9.17, 15) is 0 Å². The molecule has 106 valence electrons. The van der Waals surface area contributed by atoms with Gasteiger partial charge in [0.25, 0.3) is 0 Å². The van der Waals surface area contributed by atoms with E-state index < -0.39 is 0 Å². The summed E-state index contributed by atoms with van der Waals surface area (Å²) in [5, 5.41) is 4.27. The average molecular weight is 306 g/mol. The third kappa shape index (κ3) is 4.86. The van der Waals surface area contributed by atoms with Gasteiger partial charge in [0.2, 0.25) is 0 Å². The van der Waals surface area contributed by atoms with Crippen molar-refractivity contribution in [2.75, 3.05) is 0 Å². The van der Waals surface area contributed by atoms with Crippen molar-refractivity contribution in [3.05, 3.63) is 64.7 Å². The van der Waals surface area contributed by atoms with Crippen LogP contribution in [0.1, 0.15) is 25.0 Å². The van der Waals surface area contributed by atoms with Crippen LogP contribution >= 0.6 is 23.4 Å². The summed E-state index contributed by atoms with van der Waals surface area (Å²) in [6.07, 6.45) is 0. The van der Waals surface area contributed by atoms with Crippen LogP contribution in [-0.4, -0.2) is 6.04 Å². The lowest BCUT2D eigenvalue weighted by Gasteiger charge is -2.12. The molecule has 0 spiro atoms. The monoisotopic (exact) mass is 305 g/mol. The van der Waals surface area contributed by atoms with Gasteiger partial charge in [-0.15, -0.1) is 11.8 Å². The van der Waals surface area contributed by atoms with Crippen molar-refractivity contribution >= 4 is 23.4 Å². The summed E-state index contributed by atoms with van der Waals surface area (Å²) < 4.78 is 0. The molecule has 1 N–H and O–H groups in total. The van der Waals surface area contributed by atoms with Gasteiger partial charge < -0.3 is 5.32 Å². The van der Waals surface area contributed by atoms with E-state index in [2.05, 4.69) is 55.6 Å². The number of thioether (sulfide) groups is 1. The van der Waals surface area contributed by atoms with Crippen molar-refractivity contribution in [3.63, 3.8) is 0 Å². The number of nitrogens with one attached hydrogen (secondary N) is 1. The predicted octanol–water partition coefficient (Wildman–Crippen LogP) is 5.13. The minimum absolute atomic E-state index is 0.504. The zero-order valence-electron chi connectivity index (χ0n) is 11.9. The van der Waals surface area contributed by atoms with Crippen LogP contribution in [0, 0.1) is 0 Å². The highest BCUT2D eigenvalue weighted by Crippen LogP contribution is 2.26. The van der Waals surface area contributed by atoms with Crippen molar-refractivity contribution in [2.45, 2.75) is 37.1 Å². The maximum atomic E-state index is 5.91. The van der Waals surface area contributed by atoms with Crippen molar-refractivity contribution < 1.29 is 0 Å². The molecular formula is C17H20ClNS. The zero-order valence-corrected chi connectivity index (χ0v) is 13.5. The van der Waals surface area contributed by atoms with E-state index in [1.807, 2.05) is 23.9 Å². The highest BCUT2D eigenvalue weighted by molar-refractivity contribution is 7.98. The molecule has 0 saturated heterocycles. The summed E-state index contributed by atoms with van der Waals surface area (Å²) in [6, 6.07) is 17.2. The first-order chi connectivity index (χ1) is 9.65. The van der Waals surface area contributed by atoms with E-state index in [0.717, 1.165) is 17.3 Å². The molecule has 0 aliphatic rings. The fourth-order valence-electron chi connectivity index (χ4n) is 1.85. The molecule has 0 aliphatic carbocycles. The van der Waals surface area contributed by atoms with Crippen molar-refractivity contribution in [1.82, 2.24) is 5.32 Å². The lowest BCUT2D eigenvalue weighted by molar-refractivity contribution is 0.585. The second kappa shape index (κ2) is 7.72. The number of halogens is 1. The quantitative estimate of drug-likeness (QED) is 0.742. The van der Waals surface area contributed by atoms with Crippen LogP contribution < -0.4 is 5.32 Å². The van der Waals surface area contributed by atoms with Crippen LogP contribution in [0.25, 0.3) is 0 Å². The Bertz CT molecular complexity index is 537. The van der Waals surface area contributed by atoms with Gasteiger partial charge in [0.15, 0.2) is 0 Å². The van der Waals surface area contributed by atoms with Gasteiger partial charge in [-0.1, -0.05) is 55.8 Å². The van der Waals surface area contributed by atoms with E-state index in [-0.39, 0.29) is 0 Å². The van der Waals surface area contributed by atoms with E-state index in [1.54, 1.807) is 0 Å². The van der Waals surface area contributed by atoms with Crippen LogP contribution in [-0.2, 0) is 12.3 Å². The lowest BCUT2D eigenvalue weighted by atomic mass is 10.2. The summed E-state index contributed by atoms with van der Waals surface area (Å²) in [6.45, 7) is 5.26. The van der Waals surface area contributed by atoms with Crippen molar-refractivity contribution in [3.8, 4) is 0 Å². The molecule has 0 amide bonds. The van der Waals surface area contributed by atoms with Gasteiger partial charge in [0.1, 0.15) is 0 Å². The molecule has 0 aromatic heterocycles. The smallest absolute Gasteiger partial charge is 0.0406 e. The Morgan fingerprint density at radius 2 is 1.75 bits per heavy atom. The summed E-state index contributed by atoms with van der Waals surface area (Å²) in [5.41, 5.74) is 2.66. The molecular weight excluding hydrogens is 286 g/mol. The molecule has 0 radical (unpaired) electrons. The second-order valence-electron chi connectivity index (χ2n) is 5.06. The Balaban J connectivity index is 1.99. The first-order valence-corrected chi connectivity index (χ1v) is 8.20. The molecule has 0 bridgehead atoms. The van der Waals surface area contributed by atoms with Gasteiger partial charge >= 0.3 is 0 Å². The molecule has 2 aromatic carbocycles. The van der Waals surface area contributed by atoms with Gasteiger partial charge in [0.05, 0.1) is 0 Å². The standard InChI is InChI=1S/C17H20ClNS/c1-13(2)19-11-15-5-3-4-6-17(15)20-12-14-7-9-16(18)10-8-14/h3-10,13,19H,11-12H2,1-2H3. The van der Waals surface area contributed by atoms with Crippen LogP contribution in [0.15, 0.2) is 53.4 Å². The minimum atomic E-state index is 0.504. The van der Waals surface area contributed by atoms with Gasteiger partial charge in [-0.25, -0.2) is 0 Å². The van der Waals surface area contributed by atoms with Gasteiger partial charge in [-0.3, -0.25) is 0 Å². The Kier molecular flexibility index (Phi) is 5.96. The van der Waals surface area contributed by atoms with Crippen molar-refractivity contribution in [1.29, 1.82) is 0 Å². The first kappa shape index (κ1) is 15.4. The van der Waals surface area contributed by atoms with Crippen molar-refractivity contribution in [2.24, 2.45) is 0 Å².